The van der Waals surface area contributed by atoms with Gasteiger partial charge in [0.05, 0.1) is 0 Å². The second kappa shape index (κ2) is 5.89. The minimum Gasteiger partial charge on any atom is -0.343 e. The minimum absolute atomic E-state index is 0.140. The summed E-state index contributed by atoms with van der Waals surface area (Å²) in [6.45, 7) is 2.20. The Morgan fingerprint density at radius 2 is 1.82 bits per heavy atom. The van der Waals surface area contributed by atoms with Crippen LogP contribution in [-0.4, -0.2) is 42.5 Å². The van der Waals surface area contributed by atoms with Crippen molar-refractivity contribution in [1.29, 1.82) is 0 Å². The average Bonchev–Trinajstić information content (AvgIpc) is 3.14. The Morgan fingerprint density at radius 1 is 1.12 bits per heavy atom. The van der Waals surface area contributed by atoms with Gasteiger partial charge in [-0.25, -0.2) is 4.79 Å². The number of hydrogen-bond acceptors (Lipinski definition) is 2. The van der Waals surface area contributed by atoms with Gasteiger partial charge >= 0.3 is 6.03 Å². The van der Waals surface area contributed by atoms with Crippen LogP contribution in [0.1, 0.15) is 38.5 Å². The summed E-state index contributed by atoms with van der Waals surface area (Å²) in [5.41, 5.74) is 0. The number of urea groups is 1. The van der Waals surface area contributed by atoms with Crippen molar-refractivity contribution in [2.24, 2.45) is 0 Å². The quantitative estimate of drug-likeness (QED) is 0.764. The average molecular weight is 239 g/mol. The van der Waals surface area contributed by atoms with E-state index in [1.54, 1.807) is 0 Å². The molecule has 0 spiro atoms. The molecule has 1 heterocycles. The van der Waals surface area contributed by atoms with E-state index in [0.717, 1.165) is 38.8 Å². The molecule has 0 unspecified atom stereocenters. The van der Waals surface area contributed by atoms with Gasteiger partial charge in [-0.3, -0.25) is 4.79 Å². The molecule has 5 heteroatoms. The molecule has 17 heavy (non-hydrogen) atoms. The fourth-order valence-corrected chi connectivity index (χ4v) is 2.05. The van der Waals surface area contributed by atoms with Crippen molar-refractivity contribution in [2.75, 3.05) is 19.6 Å². The number of rotatable bonds is 4. The number of amides is 3. The first-order valence-electron chi connectivity index (χ1n) is 6.58. The third-order valence-electron chi connectivity index (χ3n) is 3.25. The van der Waals surface area contributed by atoms with Crippen molar-refractivity contribution in [3.05, 3.63) is 0 Å². The van der Waals surface area contributed by atoms with Gasteiger partial charge in [0.15, 0.2) is 0 Å². The Labute approximate surface area is 102 Å². The van der Waals surface area contributed by atoms with Crippen molar-refractivity contribution in [3.63, 3.8) is 0 Å². The lowest BCUT2D eigenvalue weighted by molar-refractivity contribution is -0.131. The Hall–Kier alpha value is -1.26. The first-order chi connectivity index (χ1) is 8.25. The van der Waals surface area contributed by atoms with Crippen LogP contribution in [0.4, 0.5) is 4.79 Å². The highest BCUT2D eigenvalue weighted by Gasteiger charge is 2.23. The number of nitrogens with zero attached hydrogens (tertiary/aromatic N) is 1. The summed E-state index contributed by atoms with van der Waals surface area (Å²) in [6.07, 6.45) is 6.03. The second-order valence-electron chi connectivity index (χ2n) is 4.87. The van der Waals surface area contributed by atoms with E-state index in [1.165, 1.54) is 6.42 Å². The molecule has 0 aromatic carbocycles. The van der Waals surface area contributed by atoms with Crippen LogP contribution in [0, 0.1) is 0 Å². The standard InChI is InChI=1S/C12H21N3O2/c16-11(15-8-2-1-3-9-15)6-7-13-12(17)14-10-4-5-10/h10H,1-9H2,(H2,13,14,17). The third kappa shape index (κ3) is 4.24. The lowest BCUT2D eigenvalue weighted by atomic mass is 10.1. The molecule has 2 aliphatic rings. The number of hydrogen-bond donors (Lipinski definition) is 2. The predicted molar refractivity (Wildman–Crippen MR) is 64.6 cm³/mol. The Morgan fingerprint density at radius 3 is 2.47 bits per heavy atom. The fraction of sp³-hybridized carbons (Fsp3) is 0.833. The summed E-state index contributed by atoms with van der Waals surface area (Å²) in [5.74, 6) is 0.163. The first-order valence-corrected chi connectivity index (χ1v) is 6.58. The highest BCUT2D eigenvalue weighted by molar-refractivity contribution is 5.78. The summed E-state index contributed by atoms with van der Waals surface area (Å²) in [7, 11) is 0. The van der Waals surface area contributed by atoms with Crippen molar-refractivity contribution in [1.82, 2.24) is 15.5 Å². The molecule has 1 saturated heterocycles. The molecule has 1 saturated carbocycles. The van der Waals surface area contributed by atoms with Gasteiger partial charge in [0, 0.05) is 32.1 Å². The van der Waals surface area contributed by atoms with Gasteiger partial charge in [-0.1, -0.05) is 0 Å². The van der Waals surface area contributed by atoms with Crippen LogP contribution < -0.4 is 10.6 Å². The highest BCUT2D eigenvalue weighted by Crippen LogP contribution is 2.18. The van der Waals surface area contributed by atoms with Crippen LogP contribution in [0.25, 0.3) is 0 Å². The number of nitrogens with one attached hydrogen (secondary N) is 2. The summed E-state index contributed by atoms with van der Waals surface area (Å²) in [4.78, 5) is 25.0. The van der Waals surface area contributed by atoms with E-state index in [-0.39, 0.29) is 11.9 Å². The van der Waals surface area contributed by atoms with Crippen LogP contribution in [-0.2, 0) is 4.79 Å². The van der Waals surface area contributed by atoms with Crippen molar-refractivity contribution in [2.45, 2.75) is 44.6 Å². The Bertz CT molecular complexity index is 283. The maximum Gasteiger partial charge on any atom is 0.315 e. The van der Waals surface area contributed by atoms with Gasteiger partial charge < -0.3 is 15.5 Å². The topological polar surface area (TPSA) is 61.4 Å². The van der Waals surface area contributed by atoms with Gasteiger partial charge in [0.1, 0.15) is 0 Å². The summed E-state index contributed by atoms with van der Waals surface area (Å²) >= 11 is 0. The molecule has 96 valence electrons. The largest absolute Gasteiger partial charge is 0.343 e. The molecule has 3 amide bonds. The Kier molecular flexibility index (Phi) is 4.23. The Balaban J connectivity index is 1.56. The molecule has 5 nitrogen and oxygen atoms in total. The molecule has 0 radical (unpaired) electrons. The monoisotopic (exact) mass is 239 g/mol. The summed E-state index contributed by atoms with van der Waals surface area (Å²) in [5, 5.41) is 5.56. The predicted octanol–water partition coefficient (Wildman–Crippen LogP) is 0.851. The van der Waals surface area contributed by atoms with E-state index in [9.17, 15) is 9.59 Å². The normalized spacial score (nSPS) is 19.9. The molecule has 0 atom stereocenters. The van der Waals surface area contributed by atoms with E-state index in [4.69, 9.17) is 0 Å². The lowest BCUT2D eigenvalue weighted by Crippen LogP contribution is -2.40. The zero-order chi connectivity index (χ0) is 12.1. The zero-order valence-electron chi connectivity index (χ0n) is 10.2. The highest BCUT2D eigenvalue weighted by atomic mass is 16.2. The molecular formula is C12H21N3O2. The number of carbonyl (C=O) groups excluding carboxylic acids is 2. The molecule has 2 rings (SSSR count). The van der Waals surface area contributed by atoms with Crippen LogP contribution in [0.15, 0.2) is 0 Å². The molecule has 0 aromatic rings. The number of carbonyl (C=O) groups is 2. The van der Waals surface area contributed by atoms with Gasteiger partial charge in [0.25, 0.3) is 0 Å². The molecular weight excluding hydrogens is 218 g/mol. The van der Waals surface area contributed by atoms with E-state index >= 15 is 0 Å². The minimum atomic E-state index is -0.140. The van der Waals surface area contributed by atoms with Gasteiger partial charge in [-0.2, -0.15) is 0 Å². The smallest absolute Gasteiger partial charge is 0.315 e. The molecule has 1 aliphatic heterocycles. The summed E-state index contributed by atoms with van der Waals surface area (Å²) < 4.78 is 0. The van der Waals surface area contributed by atoms with Crippen molar-refractivity contribution >= 4 is 11.9 Å². The lowest BCUT2D eigenvalue weighted by Gasteiger charge is -2.26. The molecule has 0 bridgehead atoms. The van der Waals surface area contributed by atoms with Gasteiger partial charge in [-0.15, -0.1) is 0 Å². The third-order valence-corrected chi connectivity index (χ3v) is 3.25. The SMILES string of the molecule is O=C(NCCC(=O)N1CCCCC1)NC1CC1. The molecule has 2 N–H and O–H groups in total. The second-order valence-corrected chi connectivity index (χ2v) is 4.87. The molecule has 2 fully saturated rings. The van der Waals surface area contributed by atoms with Crippen molar-refractivity contribution in [3.8, 4) is 0 Å². The first kappa shape index (κ1) is 12.2. The van der Waals surface area contributed by atoms with Crippen LogP contribution in [0.2, 0.25) is 0 Å². The van der Waals surface area contributed by atoms with E-state index < -0.39 is 0 Å². The number of likely N-dealkylation sites (tertiary alicyclic amines) is 1. The van der Waals surface area contributed by atoms with E-state index in [0.29, 0.717) is 19.0 Å². The van der Waals surface area contributed by atoms with Gasteiger partial charge in [0.2, 0.25) is 5.91 Å². The molecule has 0 aromatic heterocycles. The molecule has 1 aliphatic carbocycles. The fourth-order valence-electron chi connectivity index (χ4n) is 2.05. The van der Waals surface area contributed by atoms with E-state index in [1.807, 2.05) is 4.90 Å². The van der Waals surface area contributed by atoms with Crippen molar-refractivity contribution < 1.29 is 9.59 Å². The van der Waals surface area contributed by atoms with Gasteiger partial charge in [-0.05, 0) is 32.1 Å². The number of piperidine rings is 1. The maximum atomic E-state index is 11.8. The van der Waals surface area contributed by atoms with Crippen LogP contribution in [0.5, 0.6) is 0 Å². The van der Waals surface area contributed by atoms with Crippen LogP contribution in [0.3, 0.4) is 0 Å². The van der Waals surface area contributed by atoms with E-state index in [2.05, 4.69) is 10.6 Å². The maximum absolute atomic E-state index is 11.8. The zero-order valence-corrected chi connectivity index (χ0v) is 10.2. The van der Waals surface area contributed by atoms with Crippen LogP contribution >= 0.6 is 0 Å². The summed E-state index contributed by atoms with van der Waals surface area (Å²) in [6, 6.07) is 0.228.